The van der Waals surface area contributed by atoms with Gasteiger partial charge in [-0.05, 0) is 48.5 Å². The number of nitrogens with one attached hydrogen (secondary N) is 1. The lowest BCUT2D eigenvalue weighted by atomic mass is 10.2. The van der Waals surface area contributed by atoms with Gasteiger partial charge in [-0.1, -0.05) is 23.7 Å². The monoisotopic (exact) mass is 391 g/mol. The fourth-order valence-corrected chi connectivity index (χ4v) is 2.71. The summed E-state index contributed by atoms with van der Waals surface area (Å²) in [4.78, 5) is 20.8. The number of hydrogen-bond acceptors (Lipinski definition) is 5. The van der Waals surface area contributed by atoms with Gasteiger partial charge in [-0.2, -0.15) is 5.10 Å². The van der Waals surface area contributed by atoms with Crippen molar-refractivity contribution in [2.24, 2.45) is 0 Å². The fourth-order valence-electron chi connectivity index (χ4n) is 2.53. The molecule has 7 nitrogen and oxygen atoms in total. The van der Waals surface area contributed by atoms with Gasteiger partial charge in [0.1, 0.15) is 24.2 Å². The molecule has 0 radical (unpaired) electrons. The number of carbonyl (C=O) groups is 1. The normalized spacial score (nSPS) is 10.5. The maximum atomic E-state index is 12.7. The minimum absolute atomic E-state index is 0.307. The Hall–Kier alpha value is -3.71. The average molecular weight is 392 g/mol. The van der Waals surface area contributed by atoms with Crippen LogP contribution in [-0.2, 0) is 0 Å². The van der Waals surface area contributed by atoms with E-state index in [1.54, 1.807) is 54.7 Å². The Balaban J connectivity index is 1.50. The first-order valence-electron chi connectivity index (χ1n) is 8.34. The number of benzene rings is 2. The summed E-state index contributed by atoms with van der Waals surface area (Å²) in [6, 6.07) is 17.6. The van der Waals surface area contributed by atoms with Crippen molar-refractivity contribution in [1.29, 1.82) is 0 Å². The summed E-state index contributed by atoms with van der Waals surface area (Å²) < 4.78 is 7.19. The molecule has 0 spiro atoms. The second-order valence-electron chi connectivity index (χ2n) is 5.73. The number of amides is 1. The molecule has 0 aliphatic rings. The van der Waals surface area contributed by atoms with Crippen LogP contribution in [0.5, 0.6) is 11.5 Å². The van der Waals surface area contributed by atoms with Gasteiger partial charge in [-0.25, -0.2) is 14.6 Å². The molecule has 0 saturated heterocycles. The maximum absolute atomic E-state index is 12.7. The van der Waals surface area contributed by atoms with Crippen molar-refractivity contribution in [3.05, 3.63) is 90.1 Å². The van der Waals surface area contributed by atoms with Crippen LogP contribution in [0.1, 0.15) is 10.4 Å². The first-order valence-corrected chi connectivity index (χ1v) is 8.72. The summed E-state index contributed by atoms with van der Waals surface area (Å²) in [6.07, 6.45) is 4.46. The van der Waals surface area contributed by atoms with Gasteiger partial charge in [0.05, 0.1) is 10.6 Å². The second kappa shape index (κ2) is 7.89. The van der Waals surface area contributed by atoms with E-state index in [0.29, 0.717) is 33.6 Å². The molecular formula is C20H14ClN5O2. The molecular weight excluding hydrogens is 378 g/mol. The van der Waals surface area contributed by atoms with E-state index in [4.69, 9.17) is 16.3 Å². The third kappa shape index (κ3) is 3.84. The van der Waals surface area contributed by atoms with Crippen molar-refractivity contribution in [2.45, 2.75) is 0 Å². The van der Waals surface area contributed by atoms with Crippen molar-refractivity contribution in [3.8, 4) is 17.3 Å². The van der Waals surface area contributed by atoms with Gasteiger partial charge in [0.25, 0.3) is 5.91 Å². The smallest absolute Gasteiger partial charge is 0.259 e. The number of nitrogens with zero attached hydrogens (tertiary/aromatic N) is 4. The highest BCUT2D eigenvalue weighted by atomic mass is 35.5. The van der Waals surface area contributed by atoms with E-state index in [-0.39, 0.29) is 5.91 Å². The number of carbonyl (C=O) groups excluding carboxylic acids is 1. The van der Waals surface area contributed by atoms with Gasteiger partial charge in [-0.15, -0.1) is 0 Å². The maximum Gasteiger partial charge on any atom is 0.259 e. The van der Waals surface area contributed by atoms with Gasteiger partial charge >= 0.3 is 0 Å². The van der Waals surface area contributed by atoms with Crippen LogP contribution in [0.15, 0.2) is 79.5 Å². The Morgan fingerprint density at radius 3 is 2.61 bits per heavy atom. The summed E-state index contributed by atoms with van der Waals surface area (Å²) in [5.41, 5.74) is 0.995. The Kier molecular flexibility index (Phi) is 4.99. The van der Waals surface area contributed by atoms with Gasteiger partial charge in [0.15, 0.2) is 5.82 Å². The molecule has 0 aliphatic carbocycles. The zero-order chi connectivity index (χ0) is 19.3. The minimum Gasteiger partial charge on any atom is -0.456 e. The van der Waals surface area contributed by atoms with Crippen molar-refractivity contribution < 1.29 is 9.53 Å². The van der Waals surface area contributed by atoms with Crippen molar-refractivity contribution >= 4 is 23.2 Å². The average Bonchev–Trinajstić information content (AvgIpc) is 3.26. The topological polar surface area (TPSA) is 81.9 Å². The molecule has 4 aromatic rings. The molecule has 0 saturated carbocycles. The Labute approximate surface area is 165 Å². The van der Waals surface area contributed by atoms with E-state index in [2.05, 4.69) is 20.4 Å². The molecule has 4 rings (SSSR count). The second-order valence-corrected chi connectivity index (χ2v) is 6.13. The highest BCUT2D eigenvalue weighted by Crippen LogP contribution is 2.29. The summed E-state index contributed by atoms with van der Waals surface area (Å²) in [7, 11) is 0. The van der Waals surface area contributed by atoms with Crippen LogP contribution in [0.2, 0.25) is 5.02 Å². The number of aromatic nitrogens is 4. The lowest BCUT2D eigenvalue weighted by Gasteiger charge is -2.10. The molecule has 2 heterocycles. The van der Waals surface area contributed by atoms with Gasteiger partial charge in [0.2, 0.25) is 0 Å². The predicted octanol–water partition coefficient (Wildman–Crippen LogP) is 4.36. The zero-order valence-electron chi connectivity index (χ0n) is 14.5. The van der Waals surface area contributed by atoms with Crippen LogP contribution in [0, 0.1) is 0 Å². The Morgan fingerprint density at radius 2 is 1.86 bits per heavy atom. The molecule has 0 aliphatic heterocycles. The van der Waals surface area contributed by atoms with E-state index in [1.807, 2.05) is 12.1 Å². The lowest BCUT2D eigenvalue weighted by molar-refractivity contribution is 0.102. The zero-order valence-corrected chi connectivity index (χ0v) is 15.2. The first-order chi connectivity index (χ1) is 13.7. The molecule has 2 aromatic heterocycles. The largest absolute Gasteiger partial charge is 0.456 e. The first kappa shape index (κ1) is 17.7. The number of hydrogen-bond donors (Lipinski definition) is 1. The summed E-state index contributed by atoms with van der Waals surface area (Å²) >= 11 is 6.10. The Morgan fingerprint density at radius 1 is 1.04 bits per heavy atom. The van der Waals surface area contributed by atoms with Crippen LogP contribution in [0.4, 0.5) is 5.69 Å². The van der Waals surface area contributed by atoms with E-state index in [9.17, 15) is 4.79 Å². The molecule has 28 heavy (non-hydrogen) atoms. The van der Waals surface area contributed by atoms with E-state index < -0.39 is 0 Å². The molecule has 8 heteroatoms. The number of halogens is 1. The molecule has 0 unspecified atom stereocenters. The summed E-state index contributed by atoms with van der Waals surface area (Å²) in [5.74, 6) is 1.26. The van der Waals surface area contributed by atoms with Crippen molar-refractivity contribution in [2.75, 3.05) is 5.32 Å². The van der Waals surface area contributed by atoms with Gasteiger partial charge in [-0.3, -0.25) is 4.79 Å². The number of anilines is 1. The highest BCUT2D eigenvalue weighted by molar-refractivity contribution is 6.32. The third-order valence-electron chi connectivity index (χ3n) is 3.84. The minimum atomic E-state index is -0.307. The van der Waals surface area contributed by atoms with Gasteiger partial charge < -0.3 is 10.1 Å². The third-order valence-corrected chi connectivity index (χ3v) is 4.16. The van der Waals surface area contributed by atoms with E-state index in [0.717, 1.165) is 0 Å². The SMILES string of the molecule is O=C(Nc1ccc(Oc2ccccc2Cl)cc1)c1cccnc1-n1cncn1. The fraction of sp³-hybridized carbons (Fsp3) is 0. The molecule has 1 amide bonds. The van der Waals surface area contributed by atoms with Crippen LogP contribution in [0.25, 0.3) is 5.82 Å². The van der Waals surface area contributed by atoms with Crippen LogP contribution >= 0.6 is 11.6 Å². The van der Waals surface area contributed by atoms with Crippen LogP contribution < -0.4 is 10.1 Å². The van der Waals surface area contributed by atoms with E-state index in [1.165, 1.54) is 17.3 Å². The van der Waals surface area contributed by atoms with Crippen molar-refractivity contribution in [3.63, 3.8) is 0 Å². The molecule has 0 fully saturated rings. The highest BCUT2D eigenvalue weighted by Gasteiger charge is 2.14. The Bertz CT molecular complexity index is 1100. The summed E-state index contributed by atoms with van der Waals surface area (Å²) in [6.45, 7) is 0. The molecule has 0 bridgehead atoms. The quantitative estimate of drug-likeness (QED) is 0.546. The van der Waals surface area contributed by atoms with E-state index >= 15 is 0 Å². The number of ether oxygens (including phenoxy) is 1. The predicted molar refractivity (Wildman–Crippen MR) is 105 cm³/mol. The van der Waals surface area contributed by atoms with Crippen LogP contribution in [0.3, 0.4) is 0 Å². The lowest BCUT2D eigenvalue weighted by Crippen LogP contribution is -2.16. The molecule has 138 valence electrons. The number of para-hydroxylation sites is 1. The van der Waals surface area contributed by atoms with Gasteiger partial charge in [0, 0.05) is 11.9 Å². The van der Waals surface area contributed by atoms with Crippen molar-refractivity contribution in [1.82, 2.24) is 19.7 Å². The standard InChI is InChI=1S/C20H14ClN5O2/c21-17-5-1-2-6-18(17)28-15-9-7-14(8-10-15)25-20(27)16-4-3-11-23-19(16)26-13-22-12-24-26/h1-13H,(H,25,27). The summed E-state index contributed by atoms with van der Waals surface area (Å²) in [5, 5.41) is 7.40. The molecule has 2 aromatic carbocycles. The number of rotatable bonds is 5. The van der Waals surface area contributed by atoms with Crippen LogP contribution in [-0.4, -0.2) is 25.7 Å². The molecule has 1 N–H and O–H groups in total. The number of pyridine rings is 1. The molecule has 0 atom stereocenters.